The van der Waals surface area contributed by atoms with Crippen LogP contribution in [0, 0.1) is 6.92 Å². The van der Waals surface area contributed by atoms with E-state index in [1.165, 1.54) is 10.4 Å². The van der Waals surface area contributed by atoms with Crippen LogP contribution >= 0.6 is 11.3 Å². The Morgan fingerprint density at radius 1 is 1.15 bits per heavy atom. The lowest BCUT2D eigenvalue weighted by molar-refractivity contribution is -0.117. The van der Waals surface area contributed by atoms with Gasteiger partial charge in [0.15, 0.2) is 0 Å². The number of benzene rings is 1. The zero-order valence-corrected chi connectivity index (χ0v) is 12.8. The molecule has 0 spiro atoms. The molecule has 0 fully saturated rings. The maximum absolute atomic E-state index is 12.1. The number of carbonyl (C=O) groups excluding carboxylic acids is 1. The van der Waals surface area contributed by atoms with Gasteiger partial charge in [0.25, 0.3) is 0 Å². The monoisotopic (exact) mass is 288 g/mol. The van der Waals surface area contributed by atoms with Gasteiger partial charge in [0.05, 0.1) is 6.04 Å². The largest absolute Gasteiger partial charge is 0.325 e. The van der Waals surface area contributed by atoms with Crippen LogP contribution in [-0.4, -0.2) is 11.9 Å². The van der Waals surface area contributed by atoms with Crippen molar-refractivity contribution in [2.75, 3.05) is 5.32 Å². The molecule has 0 saturated carbocycles. The van der Waals surface area contributed by atoms with Crippen molar-refractivity contribution >= 4 is 22.9 Å². The van der Waals surface area contributed by atoms with Gasteiger partial charge in [-0.3, -0.25) is 10.1 Å². The summed E-state index contributed by atoms with van der Waals surface area (Å²) in [7, 11) is 0. The number of nitrogens with one attached hydrogen (secondary N) is 2. The molecule has 1 aromatic carbocycles. The molecule has 0 aliphatic heterocycles. The van der Waals surface area contributed by atoms with Crippen LogP contribution in [0.15, 0.2) is 41.8 Å². The Morgan fingerprint density at radius 2 is 1.85 bits per heavy atom. The smallest absolute Gasteiger partial charge is 0.241 e. The highest BCUT2D eigenvalue weighted by Crippen LogP contribution is 2.18. The normalized spacial score (nSPS) is 13.8. The van der Waals surface area contributed by atoms with Crippen LogP contribution < -0.4 is 10.6 Å². The molecule has 0 radical (unpaired) electrons. The SMILES string of the molecule is Cc1ccc(NC(=O)C(C)N[C@H](C)c2cccs2)cc1. The molecule has 2 N–H and O–H groups in total. The fraction of sp³-hybridized carbons (Fsp3) is 0.312. The first kappa shape index (κ1) is 14.8. The van der Waals surface area contributed by atoms with E-state index in [1.54, 1.807) is 11.3 Å². The van der Waals surface area contributed by atoms with E-state index < -0.39 is 0 Å². The molecule has 4 heteroatoms. The van der Waals surface area contributed by atoms with Crippen molar-refractivity contribution in [1.82, 2.24) is 5.32 Å². The Morgan fingerprint density at radius 3 is 2.45 bits per heavy atom. The summed E-state index contributed by atoms with van der Waals surface area (Å²) < 4.78 is 0. The van der Waals surface area contributed by atoms with E-state index >= 15 is 0 Å². The second kappa shape index (κ2) is 6.68. The summed E-state index contributed by atoms with van der Waals surface area (Å²) in [5.74, 6) is -0.0164. The Hall–Kier alpha value is -1.65. The van der Waals surface area contributed by atoms with E-state index in [9.17, 15) is 4.79 Å². The molecule has 3 nitrogen and oxygen atoms in total. The van der Waals surface area contributed by atoms with Crippen LogP contribution in [0.25, 0.3) is 0 Å². The number of anilines is 1. The zero-order valence-electron chi connectivity index (χ0n) is 12.0. The van der Waals surface area contributed by atoms with Gasteiger partial charge in [0.1, 0.15) is 0 Å². The van der Waals surface area contributed by atoms with Crippen molar-refractivity contribution < 1.29 is 4.79 Å². The van der Waals surface area contributed by atoms with E-state index in [0.717, 1.165) is 5.69 Å². The molecule has 2 rings (SSSR count). The number of amides is 1. The number of carbonyl (C=O) groups is 1. The Kier molecular flexibility index (Phi) is 4.93. The summed E-state index contributed by atoms with van der Waals surface area (Å²) >= 11 is 1.70. The standard InChI is InChI=1S/C16H20N2OS/c1-11-6-8-14(9-7-11)18-16(19)13(3)17-12(2)15-5-4-10-20-15/h4-10,12-13,17H,1-3H3,(H,18,19)/t12-,13?/m1/s1. The number of aryl methyl sites for hydroxylation is 1. The van der Waals surface area contributed by atoms with Crippen molar-refractivity contribution in [3.05, 3.63) is 52.2 Å². The van der Waals surface area contributed by atoms with Crippen LogP contribution in [-0.2, 0) is 4.79 Å². The third-order valence-corrected chi connectivity index (χ3v) is 4.24. The van der Waals surface area contributed by atoms with Crippen LogP contribution in [0.5, 0.6) is 0 Å². The minimum Gasteiger partial charge on any atom is -0.325 e. The molecule has 2 atom stereocenters. The lowest BCUT2D eigenvalue weighted by Crippen LogP contribution is -2.39. The molecule has 1 aromatic heterocycles. The molecule has 20 heavy (non-hydrogen) atoms. The Balaban J connectivity index is 1.90. The first-order chi connectivity index (χ1) is 9.56. The minimum atomic E-state index is -0.242. The number of thiophene rings is 1. The van der Waals surface area contributed by atoms with E-state index in [0.29, 0.717) is 0 Å². The number of rotatable bonds is 5. The van der Waals surface area contributed by atoms with Crippen LogP contribution in [0.4, 0.5) is 5.69 Å². The van der Waals surface area contributed by atoms with Gasteiger partial charge in [-0.05, 0) is 44.4 Å². The van der Waals surface area contributed by atoms with Gasteiger partial charge in [-0.1, -0.05) is 23.8 Å². The number of hydrogen-bond acceptors (Lipinski definition) is 3. The van der Waals surface area contributed by atoms with Crippen molar-refractivity contribution in [3.8, 4) is 0 Å². The molecule has 1 unspecified atom stereocenters. The molecular weight excluding hydrogens is 268 g/mol. The van der Waals surface area contributed by atoms with Gasteiger partial charge in [-0.2, -0.15) is 0 Å². The molecule has 2 aromatic rings. The van der Waals surface area contributed by atoms with Crippen LogP contribution in [0.3, 0.4) is 0 Å². The summed E-state index contributed by atoms with van der Waals surface area (Å²) in [5, 5.41) is 8.28. The summed E-state index contributed by atoms with van der Waals surface area (Å²) in [4.78, 5) is 13.4. The second-order valence-corrected chi connectivity index (χ2v) is 5.96. The van der Waals surface area contributed by atoms with Crippen molar-refractivity contribution in [2.24, 2.45) is 0 Å². The predicted octanol–water partition coefficient (Wildman–Crippen LogP) is 3.73. The van der Waals surface area contributed by atoms with E-state index in [2.05, 4.69) is 23.6 Å². The Bertz CT molecular complexity index is 548. The molecule has 106 valence electrons. The Labute approximate surface area is 124 Å². The van der Waals surface area contributed by atoms with E-state index in [4.69, 9.17) is 0 Å². The second-order valence-electron chi connectivity index (χ2n) is 4.98. The van der Waals surface area contributed by atoms with Crippen molar-refractivity contribution in [3.63, 3.8) is 0 Å². The average Bonchev–Trinajstić information content (AvgIpc) is 2.95. The van der Waals surface area contributed by atoms with Gasteiger partial charge in [0.2, 0.25) is 5.91 Å². The van der Waals surface area contributed by atoms with Gasteiger partial charge >= 0.3 is 0 Å². The molecule has 0 aliphatic carbocycles. The van der Waals surface area contributed by atoms with Crippen LogP contribution in [0.2, 0.25) is 0 Å². The fourth-order valence-corrected chi connectivity index (χ4v) is 2.70. The van der Waals surface area contributed by atoms with Gasteiger partial charge < -0.3 is 5.32 Å². The molecular formula is C16H20N2OS. The molecule has 1 amide bonds. The zero-order chi connectivity index (χ0) is 14.5. The molecule has 1 heterocycles. The van der Waals surface area contributed by atoms with E-state index in [-0.39, 0.29) is 18.0 Å². The molecule has 0 aliphatic rings. The summed E-state index contributed by atoms with van der Waals surface area (Å²) in [6.45, 7) is 5.98. The maximum atomic E-state index is 12.1. The fourth-order valence-electron chi connectivity index (χ4n) is 1.96. The van der Waals surface area contributed by atoms with Gasteiger partial charge in [0, 0.05) is 16.6 Å². The highest BCUT2D eigenvalue weighted by molar-refractivity contribution is 7.10. The third-order valence-electron chi connectivity index (χ3n) is 3.18. The quantitative estimate of drug-likeness (QED) is 0.880. The highest BCUT2D eigenvalue weighted by Gasteiger charge is 2.16. The van der Waals surface area contributed by atoms with Crippen molar-refractivity contribution in [2.45, 2.75) is 32.9 Å². The molecule has 0 bridgehead atoms. The average molecular weight is 288 g/mol. The van der Waals surface area contributed by atoms with Crippen LogP contribution in [0.1, 0.15) is 30.3 Å². The third kappa shape index (κ3) is 3.92. The number of hydrogen-bond donors (Lipinski definition) is 2. The topological polar surface area (TPSA) is 41.1 Å². The highest BCUT2D eigenvalue weighted by atomic mass is 32.1. The first-order valence-corrected chi connectivity index (χ1v) is 7.61. The first-order valence-electron chi connectivity index (χ1n) is 6.73. The predicted molar refractivity (Wildman–Crippen MR) is 85.1 cm³/mol. The lowest BCUT2D eigenvalue weighted by atomic mass is 10.2. The summed E-state index contributed by atoms with van der Waals surface area (Å²) in [6, 6.07) is 11.8. The maximum Gasteiger partial charge on any atom is 0.241 e. The molecule has 0 saturated heterocycles. The summed E-state index contributed by atoms with van der Waals surface area (Å²) in [6.07, 6.45) is 0. The lowest BCUT2D eigenvalue weighted by Gasteiger charge is -2.18. The van der Waals surface area contributed by atoms with Gasteiger partial charge in [-0.25, -0.2) is 0 Å². The minimum absolute atomic E-state index is 0.0164. The van der Waals surface area contributed by atoms with Gasteiger partial charge in [-0.15, -0.1) is 11.3 Å². The summed E-state index contributed by atoms with van der Waals surface area (Å²) in [5.41, 5.74) is 2.01. The van der Waals surface area contributed by atoms with Crippen molar-refractivity contribution in [1.29, 1.82) is 0 Å². The van der Waals surface area contributed by atoms with E-state index in [1.807, 2.05) is 49.6 Å².